The summed E-state index contributed by atoms with van der Waals surface area (Å²) in [5.74, 6) is 1.96. The summed E-state index contributed by atoms with van der Waals surface area (Å²) >= 11 is 0. The van der Waals surface area contributed by atoms with Crippen LogP contribution < -0.4 is 0 Å². The maximum atomic E-state index is 2.48. The van der Waals surface area contributed by atoms with E-state index in [-0.39, 0.29) is 0 Å². The Labute approximate surface area is 63.4 Å². The van der Waals surface area contributed by atoms with Crippen molar-refractivity contribution in [1.29, 1.82) is 0 Å². The van der Waals surface area contributed by atoms with Gasteiger partial charge >= 0.3 is 0 Å². The number of fused-ring (bicyclic) bond motifs is 1. The monoisotopic (exact) mass is 139 g/mol. The molecule has 0 aromatic rings. The third kappa shape index (κ3) is 0.672. The van der Waals surface area contributed by atoms with Gasteiger partial charge in [0, 0.05) is 13.1 Å². The lowest BCUT2D eigenvalue weighted by Gasteiger charge is -2.19. The van der Waals surface area contributed by atoms with Crippen LogP contribution in [0.1, 0.15) is 20.3 Å². The summed E-state index contributed by atoms with van der Waals surface area (Å²) in [6.45, 7) is 7.46. The van der Waals surface area contributed by atoms with E-state index >= 15 is 0 Å². The summed E-state index contributed by atoms with van der Waals surface area (Å²) in [4.78, 5) is 2.48. The highest BCUT2D eigenvalue weighted by molar-refractivity contribution is 5.10. The van der Waals surface area contributed by atoms with Gasteiger partial charge in [0.2, 0.25) is 0 Å². The molecule has 0 N–H and O–H groups in total. The van der Waals surface area contributed by atoms with E-state index in [1.54, 1.807) is 0 Å². The fourth-order valence-electron chi connectivity index (χ4n) is 2.67. The van der Waals surface area contributed by atoms with Crippen molar-refractivity contribution in [2.75, 3.05) is 20.1 Å². The van der Waals surface area contributed by atoms with Crippen LogP contribution >= 0.6 is 0 Å². The van der Waals surface area contributed by atoms with Crippen molar-refractivity contribution in [3.05, 3.63) is 0 Å². The summed E-state index contributed by atoms with van der Waals surface area (Å²) in [6.07, 6.45) is 1.51. The van der Waals surface area contributed by atoms with Gasteiger partial charge in [-0.05, 0) is 30.7 Å². The van der Waals surface area contributed by atoms with Crippen LogP contribution in [0.15, 0.2) is 0 Å². The van der Waals surface area contributed by atoms with Crippen LogP contribution in [0.2, 0.25) is 0 Å². The largest absolute Gasteiger partial charge is 0.305 e. The van der Waals surface area contributed by atoms with E-state index in [0.29, 0.717) is 0 Å². The molecule has 2 rings (SSSR count). The summed E-state index contributed by atoms with van der Waals surface area (Å²) in [5.41, 5.74) is 0.759. The summed E-state index contributed by atoms with van der Waals surface area (Å²) in [5, 5.41) is 0. The molecule has 0 spiro atoms. The Bertz CT molecular complexity index is 153. The highest BCUT2D eigenvalue weighted by Crippen LogP contribution is 2.61. The molecule has 1 saturated heterocycles. The summed E-state index contributed by atoms with van der Waals surface area (Å²) in [7, 11) is 2.25. The van der Waals surface area contributed by atoms with E-state index in [1.807, 2.05) is 0 Å². The predicted octanol–water partition coefficient (Wildman–Crippen LogP) is 1.59. The minimum absolute atomic E-state index is 0.759. The number of hydrogen-bond acceptors (Lipinski definition) is 1. The fourth-order valence-corrected chi connectivity index (χ4v) is 2.67. The number of piperidine rings is 1. The molecule has 0 aromatic heterocycles. The Balaban J connectivity index is 2.08. The maximum absolute atomic E-state index is 2.48. The van der Waals surface area contributed by atoms with Gasteiger partial charge in [0.1, 0.15) is 0 Å². The standard InChI is InChI=1S/C9H17N/c1-7(2)9-4-8(9)5-10(3)6-9/h7-8H,4-6H2,1-3H3. The first-order valence-electron chi connectivity index (χ1n) is 4.34. The van der Waals surface area contributed by atoms with E-state index in [4.69, 9.17) is 0 Å². The van der Waals surface area contributed by atoms with Crippen molar-refractivity contribution in [1.82, 2.24) is 4.90 Å². The third-order valence-corrected chi connectivity index (χ3v) is 3.53. The minimum atomic E-state index is 0.759. The highest BCUT2D eigenvalue weighted by Gasteiger charge is 2.60. The molecule has 10 heavy (non-hydrogen) atoms. The van der Waals surface area contributed by atoms with Crippen molar-refractivity contribution in [2.45, 2.75) is 20.3 Å². The molecule has 1 aliphatic carbocycles. The molecule has 2 atom stereocenters. The van der Waals surface area contributed by atoms with E-state index in [0.717, 1.165) is 17.3 Å². The first-order valence-corrected chi connectivity index (χ1v) is 4.34. The predicted molar refractivity (Wildman–Crippen MR) is 42.9 cm³/mol. The molecule has 1 nitrogen and oxygen atoms in total. The first-order chi connectivity index (χ1) is 4.65. The minimum Gasteiger partial charge on any atom is -0.305 e. The van der Waals surface area contributed by atoms with Crippen molar-refractivity contribution < 1.29 is 0 Å². The van der Waals surface area contributed by atoms with Crippen molar-refractivity contribution >= 4 is 0 Å². The Hall–Kier alpha value is -0.0400. The van der Waals surface area contributed by atoms with Crippen LogP contribution in [0, 0.1) is 17.3 Å². The van der Waals surface area contributed by atoms with E-state index < -0.39 is 0 Å². The molecule has 2 aliphatic rings. The van der Waals surface area contributed by atoms with Crippen molar-refractivity contribution in [3.8, 4) is 0 Å². The zero-order chi connectivity index (χ0) is 7.35. The van der Waals surface area contributed by atoms with Gasteiger partial charge in [-0.1, -0.05) is 13.8 Å². The Morgan fingerprint density at radius 3 is 2.50 bits per heavy atom. The Kier molecular flexibility index (Phi) is 1.17. The fraction of sp³-hybridized carbons (Fsp3) is 1.00. The molecule has 58 valence electrons. The van der Waals surface area contributed by atoms with Crippen LogP contribution in [-0.4, -0.2) is 25.0 Å². The second-order valence-corrected chi connectivity index (χ2v) is 4.49. The second-order valence-electron chi connectivity index (χ2n) is 4.49. The van der Waals surface area contributed by atoms with Crippen LogP contribution in [0.4, 0.5) is 0 Å². The van der Waals surface area contributed by atoms with E-state index in [2.05, 4.69) is 25.8 Å². The molecule has 1 heteroatoms. The van der Waals surface area contributed by atoms with Crippen LogP contribution in [0.5, 0.6) is 0 Å². The van der Waals surface area contributed by atoms with Crippen LogP contribution in [0.25, 0.3) is 0 Å². The molecule has 0 aromatic carbocycles. The van der Waals surface area contributed by atoms with Gasteiger partial charge in [0.15, 0.2) is 0 Å². The lowest BCUT2D eigenvalue weighted by molar-refractivity contribution is 0.286. The smallest absolute Gasteiger partial charge is 0.00407 e. The summed E-state index contributed by atoms with van der Waals surface area (Å²) < 4.78 is 0. The van der Waals surface area contributed by atoms with E-state index in [1.165, 1.54) is 19.5 Å². The Morgan fingerprint density at radius 1 is 1.50 bits per heavy atom. The van der Waals surface area contributed by atoms with Gasteiger partial charge in [0.05, 0.1) is 0 Å². The van der Waals surface area contributed by atoms with Crippen LogP contribution in [0.3, 0.4) is 0 Å². The average molecular weight is 139 g/mol. The number of rotatable bonds is 1. The number of hydrogen-bond donors (Lipinski definition) is 0. The zero-order valence-corrected chi connectivity index (χ0v) is 7.22. The molecular formula is C9H17N. The molecular weight excluding hydrogens is 122 g/mol. The summed E-state index contributed by atoms with van der Waals surface area (Å²) in [6, 6.07) is 0. The molecule has 0 radical (unpaired) electrons. The molecule has 2 unspecified atom stereocenters. The van der Waals surface area contributed by atoms with Crippen molar-refractivity contribution in [3.63, 3.8) is 0 Å². The van der Waals surface area contributed by atoms with Gasteiger partial charge in [-0.3, -0.25) is 0 Å². The zero-order valence-electron chi connectivity index (χ0n) is 7.22. The SMILES string of the molecule is CC(C)C12CC1CN(C)C2. The third-order valence-electron chi connectivity index (χ3n) is 3.53. The lowest BCUT2D eigenvalue weighted by atomic mass is 9.92. The maximum Gasteiger partial charge on any atom is 0.00407 e. The normalized spacial score (nSPS) is 46.2. The van der Waals surface area contributed by atoms with Gasteiger partial charge in [-0.25, -0.2) is 0 Å². The number of nitrogens with zero attached hydrogens (tertiary/aromatic N) is 1. The lowest BCUT2D eigenvalue weighted by Crippen LogP contribution is -2.22. The number of likely N-dealkylation sites (tertiary alicyclic amines) is 1. The molecule has 2 fully saturated rings. The van der Waals surface area contributed by atoms with Crippen molar-refractivity contribution in [2.24, 2.45) is 17.3 Å². The highest BCUT2D eigenvalue weighted by atomic mass is 15.2. The quantitative estimate of drug-likeness (QED) is 0.533. The van der Waals surface area contributed by atoms with Gasteiger partial charge in [-0.2, -0.15) is 0 Å². The topological polar surface area (TPSA) is 3.24 Å². The molecule has 1 saturated carbocycles. The van der Waals surface area contributed by atoms with Crippen LogP contribution in [-0.2, 0) is 0 Å². The molecule has 0 amide bonds. The van der Waals surface area contributed by atoms with Gasteiger partial charge < -0.3 is 4.90 Å². The van der Waals surface area contributed by atoms with E-state index in [9.17, 15) is 0 Å². The molecule has 0 bridgehead atoms. The Morgan fingerprint density at radius 2 is 2.20 bits per heavy atom. The molecule has 1 heterocycles. The van der Waals surface area contributed by atoms with Gasteiger partial charge in [-0.15, -0.1) is 0 Å². The first kappa shape index (κ1) is 6.66. The second kappa shape index (κ2) is 1.76. The van der Waals surface area contributed by atoms with Gasteiger partial charge in [0.25, 0.3) is 0 Å². The molecule has 1 aliphatic heterocycles. The average Bonchev–Trinajstić information content (AvgIpc) is 2.37.